The molecule has 0 spiro atoms. The van der Waals surface area contributed by atoms with Crippen molar-refractivity contribution in [3.63, 3.8) is 0 Å². The molecule has 3 N–H and O–H groups in total. The van der Waals surface area contributed by atoms with E-state index in [1.165, 1.54) is 27.2 Å². The first-order valence-corrected chi connectivity index (χ1v) is 8.71. The molecule has 0 fully saturated rings. The van der Waals surface area contributed by atoms with E-state index in [0.717, 1.165) is 29.8 Å². The molecule has 4 nitrogen and oxygen atoms in total. The molecule has 3 rings (SSSR count). The van der Waals surface area contributed by atoms with Gasteiger partial charge in [0.25, 0.3) is 0 Å². The lowest BCUT2D eigenvalue weighted by Gasteiger charge is -2.14. The lowest BCUT2D eigenvalue weighted by molar-refractivity contribution is 0.556. The molecule has 110 valence electrons. The number of aromatic nitrogens is 2. The maximum absolute atomic E-state index is 5.79. The molecule has 21 heavy (non-hydrogen) atoms. The van der Waals surface area contributed by atoms with Crippen LogP contribution in [0.5, 0.6) is 0 Å². The number of benzene rings is 1. The minimum atomic E-state index is 0.0737. The minimum absolute atomic E-state index is 0.0737. The Balaban J connectivity index is 1.89. The Morgan fingerprint density at radius 1 is 1.33 bits per heavy atom. The molecule has 6 heteroatoms. The van der Waals surface area contributed by atoms with E-state index in [-0.39, 0.29) is 6.04 Å². The van der Waals surface area contributed by atoms with E-state index in [1.54, 1.807) is 11.3 Å². The number of hydrogen-bond acceptors (Lipinski definition) is 6. The van der Waals surface area contributed by atoms with E-state index in [9.17, 15) is 0 Å². The summed E-state index contributed by atoms with van der Waals surface area (Å²) in [6.45, 7) is 2.15. The van der Waals surface area contributed by atoms with E-state index in [2.05, 4.69) is 51.6 Å². The summed E-state index contributed by atoms with van der Waals surface area (Å²) in [5.74, 6) is 5.79. The van der Waals surface area contributed by atoms with Crippen LogP contribution in [0.2, 0.25) is 0 Å². The molecule has 0 saturated heterocycles. The fraction of sp³-hybridized carbons (Fsp3) is 0.333. The van der Waals surface area contributed by atoms with Crippen molar-refractivity contribution in [2.75, 3.05) is 0 Å². The normalized spacial score (nSPS) is 12.9. The zero-order chi connectivity index (χ0) is 14.7. The number of fused-ring (bicyclic) bond motifs is 1. The lowest BCUT2D eigenvalue weighted by Crippen LogP contribution is -2.29. The van der Waals surface area contributed by atoms with E-state index in [0.29, 0.717) is 0 Å². The number of aryl methyl sites for hydroxylation is 1. The Labute approximate surface area is 132 Å². The molecule has 0 aliphatic carbocycles. The Hall–Kier alpha value is -1.34. The highest BCUT2D eigenvalue weighted by molar-refractivity contribution is 7.17. The maximum Gasteiger partial charge on any atom is 0.0804 e. The number of nitrogens with one attached hydrogen (secondary N) is 1. The predicted octanol–water partition coefficient (Wildman–Crippen LogP) is 3.45. The highest BCUT2D eigenvalue weighted by Gasteiger charge is 2.19. The predicted molar refractivity (Wildman–Crippen MR) is 89.5 cm³/mol. The van der Waals surface area contributed by atoms with Crippen LogP contribution in [0.4, 0.5) is 0 Å². The van der Waals surface area contributed by atoms with Gasteiger partial charge in [-0.3, -0.25) is 11.3 Å². The number of thiophene rings is 1. The third-order valence-corrected chi connectivity index (χ3v) is 5.47. The second kappa shape index (κ2) is 6.62. The molecule has 3 aromatic rings. The van der Waals surface area contributed by atoms with Crippen molar-refractivity contribution in [1.82, 2.24) is 15.0 Å². The SMILES string of the molecule is CCCc1nnsc1C(Cc1csc2ccccc12)NN. The number of hydrazine groups is 1. The largest absolute Gasteiger partial charge is 0.271 e. The summed E-state index contributed by atoms with van der Waals surface area (Å²) in [5.41, 5.74) is 5.34. The molecule has 0 radical (unpaired) electrons. The topological polar surface area (TPSA) is 63.8 Å². The molecule has 0 aliphatic rings. The zero-order valence-corrected chi connectivity index (χ0v) is 13.5. The van der Waals surface area contributed by atoms with Crippen LogP contribution in [0.1, 0.15) is 35.5 Å². The number of rotatable bonds is 6. The molecule has 0 amide bonds. The van der Waals surface area contributed by atoms with Gasteiger partial charge in [0.05, 0.1) is 16.6 Å². The fourth-order valence-corrected chi connectivity index (χ4v) is 4.26. The van der Waals surface area contributed by atoms with Gasteiger partial charge in [0.2, 0.25) is 0 Å². The first-order chi connectivity index (χ1) is 10.3. The molecule has 1 aromatic carbocycles. The van der Waals surface area contributed by atoms with Gasteiger partial charge in [0, 0.05) is 4.70 Å². The van der Waals surface area contributed by atoms with Crippen molar-refractivity contribution >= 4 is 33.0 Å². The molecule has 2 aromatic heterocycles. The van der Waals surface area contributed by atoms with Crippen molar-refractivity contribution in [3.05, 3.63) is 45.8 Å². The summed E-state index contributed by atoms with van der Waals surface area (Å²) in [5, 5.41) is 7.78. The number of nitrogens with two attached hydrogens (primary N) is 1. The first kappa shape index (κ1) is 14.6. The van der Waals surface area contributed by atoms with Gasteiger partial charge < -0.3 is 0 Å². The molecule has 0 aliphatic heterocycles. The van der Waals surface area contributed by atoms with Crippen molar-refractivity contribution in [3.8, 4) is 0 Å². The van der Waals surface area contributed by atoms with Crippen molar-refractivity contribution < 1.29 is 0 Å². The van der Waals surface area contributed by atoms with Crippen LogP contribution in [0, 0.1) is 0 Å². The zero-order valence-electron chi connectivity index (χ0n) is 11.9. The standard InChI is InChI=1S/C15H18N4S2/c1-2-5-12-15(21-19-18-12)13(17-16)8-10-9-20-14-7-4-3-6-11(10)14/h3-4,6-7,9,13,17H,2,5,8,16H2,1H3. The van der Waals surface area contributed by atoms with Gasteiger partial charge in [-0.2, -0.15) is 0 Å². The molecule has 0 saturated carbocycles. The molecule has 0 bridgehead atoms. The van der Waals surface area contributed by atoms with Gasteiger partial charge >= 0.3 is 0 Å². The summed E-state index contributed by atoms with van der Waals surface area (Å²) in [4.78, 5) is 1.16. The molecular formula is C15H18N4S2. The van der Waals surface area contributed by atoms with Crippen LogP contribution in [-0.2, 0) is 12.8 Å². The average molecular weight is 318 g/mol. The van der Waals surface area contributed by atoms with E-state index in [1.807, 2.05) is 0 Å². The second-order valence-electron chi connectivity index (χ2n) is 5.01. The Morgan fingerprint density at radius 3 is 3.00 bits per heavy atom. The molecular weight excluding hydrogens is 300 g/mol. The van der Waals surface area contributed by atoms with Crippen LogP contribution < -0.4 is 11.3 Å². The monoisotopic (exact) mass is 318 g/mol. The molecule has 1 unspecified atom stereocenters. The van der Waals surface area contributed by atoms with Crippen LogP contribution in [0.15, 0.2) is 29.6 Å². The summed E-state index contributed by atoms with van der Waals surface area (Å²) in [6, 6.07) is 8.57. The maximum atomic E-state index is 5.79. The Morgan fingerprint density at radius 2 is 2.19 bits per heavy atom. The summed E-state index contributed by atoms with van der Waals surface area (Å²) in [7, 11) is 0. The first-order valence-electron chi connectivity index (χ1n) is 7.05. The van der Waals surface area contributed by atoms with Crippen molar-refractivity contribution in [2.24, 2.45) is 5.84 Å². The summed E-state index contributed by atoms with van der Waals surface area (Å²) < 4.78 is 5.42. The van der Waals surface area contributed by atoms with Gasteiger partial charge in [-0.1, -0.05) is 36.0 Å². The van der Waals surface area contributed by atoms with Gasteiger partial charge in [-0.15, -0.1) is 16.4 Å². The fourth-order valence-electron chi connectivity index (χ4n) is 2.53. The smallest absolute Gasteiger partial charge is 0.0804 e. The highest BCUT2D eigenvalue weighted by atomic mass is 32.1. The van der Waals surface area contributed by atoms with Crippen LogP contribution in [0.3, 0.4) is 0 Å². The van der Waals surface area contributed by atoms with Crippen molar-refractivity contribution in [1.29, 1.82) is 0 Å². The van der Waals surface area contributed by atoms with E-state index >= 15 is 0 Å². The van der Waals surface area contributed by atoms with E-state index < -0.39 is 0 Å². The van der Waals surface area contributed by atoms with Crippen LogP contribution in [-0.4, -0.2) is 9.59 Å². The third-order valence-electron chi connectivity index (χ3n) is 3.57. The van der Waals surface area contributed by atoms with E-state index in [4.69, 9.17) is 5.84 Å². The number of nitrogens with zero attached hydrogens (tertiary/aromatic N) is 2. The summed E-state index contributed by atoms with van der Waals surface area (Å²) >= 11 is 3.23. The van der Waals surface area contributed by atoms with Crippen LogP contribution >= 0.6 is 22.9 Å². The summed E-state index contributed by atoms with van der Waals surface area (Å²) in [6.07, 6.45) is 2.88. The lowest BCUT2D eigenvalue weighted by atomic mass is 10.0. The molecule has 2 heterocycles. The second-order valence-corrected chi connectivity index (χ2v) is 6.71. The van der Waals surface area contributed by atoms with Gasteiger partial charge in [0.15, 0.2) is 0 Å². The highest BCUT2D eigenvalue weighted by Crippen LogP contribution is 2.31. The molecule has 1 atom stereocenters. The Kier molecular flexibility index (Phi) is 4.60. The van der Waals surface area contributed by atoms with Crippen LogP contribution in [0.25, 0.3) is 10.1 Å². The third kappa shape index (κ3) is 2.98. The minimum Gasteiger partial charge on any atom is -0.271 e. The van der Waals surface area contributed by atoms with Gasteiger partial charge in [-0.05, 0) is 46.8 Å². The number of hydrogen-bond donors (Lipinski definition) is 2. The Bertz CT molecular complexity index is 719. The quantitative estimate of drug-likeness (QED) is 0.540. The van der Waals surface area contributed by atoms with Gasteiger partial charge in [0.1, 0.15) is 0 Å². The van der Waals surface area contributed by atoms with Crippen molar-refractivity contribution in [2.45, 2.75) is 32.2 Å². The average Bonchev–Trinajstić information content (AvgIpc) is 3.12. The van der Waals surface area contributed by atoms with Gasteiger partial charge in [-0.25, -0.2) is 0 Å².